The van der Waals surface area contributed by atoms with Gasteiger partial charge in [-0.1, -0.05) is 75.7 Å². The zero-order chi connectivity index (χ0) is 22.4. The molecular formula is C21H14Cl5O4P. The third-order valence-corrected chi connectivity index (χ3v) is 6.95. The molecule has 162 valence electrons. The molecule has 1 heterocycles. The fourth-order valence-corrected chi connectivity index (χ4v) is 5.57. The monoisotopic (exact) mass is 536 g/mol. The van der Waals surface area contributed by atoms with Crippen molar-refractivity contribution in [3.05, 3.63) is 87.4 Å². The van der Waals surface area contributed by atoms with Gasteiger partial charge < -0.3 is 13.6 Å². The van der Waals surface area contributed by atoms with Crippen molar-refractivity contribution in [1.82, 2.24) is 0 Å². The summed E-state index contributed by atoms with van der Waals surface area (Å²) < 4.78 is 29.1. The SMILES string of the molecule is Cc1ccc(OP2(=O)Oc3ccc(Cl)cc3C(C(Cl)(Cl)Cl)c3cc(Cl)ccc3O2)cc1. The second kappa shape index (κ2) is 8.59. The number of benzene rings is 3. The maximum atomic E-state index is 13.7. The van der Waals surface area contributed by atoms with E-state index in [1.807, 2.05) is 19.1 Å². The third kappa shape index (κ3) is 5.06. The lowest BCUT2D eigenvalue weighted by Crippen LogP contribution is -2.23. The molecule has 4 rings (SSSR count). The van der Waals surface area contributed by atoms with Gasteiger partial charge in [-0.2, -0.15) is 4.57 Å². The molecule has 0 fully saturated rings. The van der Waals surface area contributed by atoms with E-state index < -0.39 is 17.5 Å². The number of phosphoric acid groups is 1. The summed E-state index contributed by atoms with van der Waals surface area (Å²) in [6.45, 7) is 1.92. The third-order valence-electron chi connectivity index (χ3n) is 4.55. The average Bonchev–Trinajstić information content (AvgIpc) is 2.66. The van der Waals surface area contributed by atoms with Crippen LogP contribution in [0.5, 0.6) is 17.2 Å². The van der Waals surface area contributed by atoms with E-state index in [-0.39, 0.29) is 11.5 Å². The maximum absolute atomic E-state index is 13.7. The number of phosphoric ester groups is 1. The quantitative estimate of drug-likeness (QED) is 0.242. The summed E-state index contributed by atoms with van der Waals surface area (Å²) in [4.78, 5) is 0. The predicted octanol–water partition coefficient (Wildman–Crippen LogP) is 8.76. The number of rotatable bonds is 2. The van der Waals surface area contributed by atoms with Gasteiger partial charge in [-0.3, -0.25) is 0 Å². The van der Waals surface area contributed by atoms with Gasteiger partial charge in [0.15, 0.2) is 0 Å². The molecule has 0 aromatic heterocycles. The lowest BCUT2D eigenvalue weighted by molar-refractivity contribution is 0.292. The van der Waals surface area contributed by atoms with Crippen LogP contribution in [0.15, 0.2) is 60.7 Å². The maximum Gasteiger partial charge on any atom is 0.647 e. The first kappa shape index (κ1) is 22.9. The molecule has 1 aliphatic rings. The molecule has 0 amide bonds. The van der Waals surface area contributed by atoms with Crippen molar-refractivity contribution in [1.29, 1.82) is 0 Å². The van der Waals surface area contributed by atoms with Crippen molar-refractivity contribution in [2.75, 3.05) is 0 Å². The number of alkyl halides is 3. The molecule has 3 aromatic rings. The van der Waals surface area contributed by atoms with Gasteiger partial charge in [0.25, 0.3) is 0 Å². The zero-order valence-electron chi connectivity index (χ0n) is 15.8. The van der Waals surface area contributed by atoms with E-state index in [0.717, 1.165) is 5.56 Å². The highest BCUT2D eigenvalue weighted by atomic mass is 35.6. The van der Waals surface area contributed by atoms with Crippen LogP contribution in [-0.4, -0.2) is 3.79 Å². The number of fused-ring (bicyclic) bond motifs is 2. The zero-order valence-corrected chi connectivity index (χ0v) is 20.5. The molecule has 0 atom stereocenters. The second-order valence-electron chi connectivity index (χ2n) is 6.87. The minimum absolute atomic E-state index is 0.141. The summed E-state index contributed by atoms with van der Waals surface area (Å²) in [5.74, 6) is -0.296. The lowest BCUT2D eigenvalue weighted by Gasteiger charge is -2.32. The van der Waals surface area contributed by atoms with Crippen molar-refractivity contribution < 1.29 is 18.1 Å². The molecule has 10 heteroatoms. The fraction of sp³-hybridized carbons (Fsp3) is 0.143. The molecule has 0 saturated heterocycles. The van der Waals surface area contributed by atoms with Crippen molar-refractivity contribution in [2.45, 2.75) is 16.6 Å². The second-order valence-corrected chi connectivity index (χ2v) is 11.6. The summed E-state index contributed by atoms with van der Waals surface area (Å²) in [6.07, 6.45) is 0. The molecule has 0 radical (unpaired) electrons. The molecule has 31 heavy (non-hydrogen) atoms. The van der Waals surface area contributed by atoms with Gasteiger partial charge in [0.1, 0.15) is 17.2 Å². The Kier molecular flexibility index (Phi) is 6.35. The van der Waals surface area contributed by atoms with E-state index in [2.05, 4.69) is 0 Å². The topological polar surface area (TPSA) is 44.8 Å². The lowest BCUT2D eigenvalue weighted by atomic mass is 9.91. The van der Waals surface area contributed by atoms with E-state index in [9.17, 15) is 4.57 Å². The molecule has 1 aliphatic heterocycles. The first-order valence-corrected chi connectivity index (χ1v) is 12.3. The summed E-state index contributed by atoms with van der Waals surface area (Å²) in [7, 11) is -4.21. The molecule has 0 N–H and O–H groups in total. The predicted molar refractivity (Wildman–Crippen MR) is 126 cm³/mol. The van der Waals surface area contributed by atoms with Gasteiger partial charge in [-0.15, -0.1) is 0 Å². The molecule has 0 saturated carbocycles. The Labute approximate surface area is 204 Å². The van der Waals surface area contributed by atoms with Gasteiger partial charge in [-0.05, 0) is 55.5 Å². The van der Waals surface area contributed by atoms with Crippen molar-refractivity contribution >= 4 is 65.8 Å². The van der Waals surface area contributed by atoms with Crippen LogP contribution in [0.4, 0.5) is 0 Å². The van der Waals surface area contributed by atoms with Gasteiger partial charge >= 0.3 is 7.82 Å². The number of aryl methyl sites for hydroxylation is 1. The normalized spacial score (nSPS) is 20.4. The summed E-state index contributed by atoms with van der Waals surface area (Å²) >= 11 is 31.5. The van der Waals surface area contributed by atoms with Crippen LogP contribution in [0.2, 0.25) is 10.0 Å². The highest BCUT2D eigenvalue weighted by Gasteiger charge is 2.45. The van der Waals surface area contributed by atoms with Crippen LogP contribution in [-0.2, 0) is 4.57 Å². The van der Waals surface area contributed by atoms with Crippen LogP contribution < -0.4 is 13.6 Å². The molecule has 0 spiro atoms. The number of hydrogen-bond donors (Lipinski definition) is 0. The Morgan fingerprint density at radius 1 is 0.839 bits per heavy atom. The highest BCUT2D eigenvalue weighted by Crippen LogP contribution is 2.59. The van der Waals surface area contributed by atoms with Crippen molar-refractivity contribution in [2.24, 2.45) is 0 Å². The summed E-state index contributed by atoms with van der Waals surface area (Å²) in [5, 5.41) is 0.752. The number of halogens is 5. The van der Waals surface area contributed by atoms with Crippen molar-refractivity contribution in [3.63, 3.8) is 0 Å². The minimum atomic E-state index is -4.21. The van der Waals surface area contributed by atoms with E-state index in [1.54, 1.807) is 36.4 Å². The molecular weight excluding hydrogens is 524 g/mol. The molecule has 0 aliphatic carbocycles. The fourth-order valence-electron chi connectivity index (χ4n) is 3.20. The minimum Gasteiger partial charge on any atom is -0.386 e. The smallest absolute Gasteiger partial charge is 0.386 e. The molecule has 0 bridgehead atoms. The Balaban J connectivity index is 1.91. The highest BCUT2D eigenvalue weighted by molar-refractivity contribution is 7.49. The Morgan fingerprint density at radius 2 is 1.32 bits per heavy atom. The van der Waals surface area contributed by atoms with Gasteiger partial charge in [0, 0.05) is 21.2 Å². The van der Waals surface area contributed by atoms with E-state index in [0.29, 0.717) is 26.9 Å². The van der Waals surface area contributed by atoms with Crippen LogP contribution >= 0.6 is 65.8 Å². The van der Waals surface area contributed by atoms with Gasteiger partial charge in [-0.25, -0.2) is 0 Å². The Bertz CT molecular complexity index is 1120. The Hall–Kier alpha value is -1.26. The molecule has 3 aromatic carbocycles. The first-order valence-electron chi connectivity index (χ1n) is 8.95. The van der Waals surface area contributed by atoms with Crippen LogP contribution in [0, 0.1) is 6.92 Å². The molecule has 4 nitrogen and oxygen atoms in total. The number of hydrogen-bond acceptors (Lipinski definition) is 4. The average molecular weight is 539 g/mol. The van der Waals surface area contributed by atoms with Crippen LogP contribution in [0.1, 0.15) is 22.6 Å². The van der Waals surface area contributed by atoms with E-state index >= 15 is 0 Å². The van der Waals surface area contributed by atoms with E-state index in [1.165, 1.54) is 12.1 Å². The van der Waals surface area contributed by atoms with Crippen LogP contribution in [0.3, 0.4) is 0 Å². The Morgan fingerprint density at radius 3 is 1.77 bits per heavy atom. The van der Waals surface area contributed by atoms with Gasteiger partial charge in [0.05, 0.1) is 5.92 Å². The summed E-state index contributed by atoms with van der Waals surface area (Å²) in [6, 6.07) is 16.3. The molecule has 0 unspecified atom stereocenters. The standard InChI is InChI=1S/C21H14Cl5O4P/c1-12-2-6-15(7-3-12)28-31(27)29-18-8-4-13(22)10-16(18)20(21(24,25)26)17-11-14(23)5-9-19(17)30-31/h2-11,20H,1H3. The van der Waals surface area contributed by atoms with Gasteiger partial charge in [0.2, 0.25) is 3.79 Å². The van der Waals surface area contributed by atoms with Crippen molar-refractivity contribution in [3.8, 4) is 17.2 Å². The first-order chi connectivity index (χ1) is 14.5. The summed E-state index contributed by atoms with van der Waals surface area (Å²) in [5.41, 5.74) is 1.80. The largest absolute Gasteiger partial charge is 0.647 e. The van der Waals surface area contributed by atoms with E-state index in [4.69, 9.17) is 71.6 Å². The van der Waals surface area contributed by atoms with Crippen LogP contribution in [0.25, 0.3) is 0 Å².